The summed E-state index contributed by atoms with van der Waals surface area (Å²) < 4.78 is 7.20. The molecule has 0 unspecified atom stereocenters. The minimum absolute atomic E-state index is 0.256. The smallest absolute Gasteiger partial charge is 0.338 e. The molecule has 0 aromatic heterocycles. The summed E-state index contributed by atoms with van der Waals surface area (Å²) >= 11 is 4.52. The fourth-order valence-electron chi connectivity index (χ4n) is 1.45. The van der Waals surface area contributed by atoms with Crippen molar-refractivity contribution in [3.05, 3.63) is 30.4 Å². The number of halogens is 2. The van der Waals surface area contributed by atoms with Gasteiger partial charge in [0.25, 0.3) is 0 Å². The number of nitrogens with two attached hydrogens (primary N) is 1. The largest absolute Gasteiger partial charge is 0.462 e. The quantitative estimate of drug-likeness (QED) is 0.545. The van der Waals surface area contributed by atoms with Crippen LogP contribution in [0, 0.1) is 7.14 Å². The summed E-state index contributed by atoms with van der Waals surface area (Å²) in [4.78, 5) is 11.6. The maximum atomic E-state index is 11.6. The average Bonchev–Trinajstić information content (AvgIpc) is 2.28. The third kappa shape index (κ3) is 4.36. The first-order valence-corrected chi connectivity index (χ1v) is 7.61. The van der Waals surface area contributed by atoms with Crippen molar-refractivity contribution in [3.8, 4) is 0 Å². The van der Waals surface area contributed by atoms with E-state index < -0.39 is 0 Å². The van der Waals surface area contributed by atoms with Gasteiger partial charge in [0.05, 0.1) is 12.2 Å². The molecule has 2 N–H and O–H groups in total. The van der Waals surface area contributed by atoms with E-state index in [2.05, 4.69) is 45.2 Å². The molecule has 0 spiro atoms. The lowest BCUT2D eigenvalue weighted by atomic mass is 10.1. The van der Waals surface area contributed by atoms with Gasteiger partial charge in [-0.3, -0.25) is 0 Å². The molecule has 0 aliphatic carbocycles. The molecule has 1 aromatic carbocycles. The Bertz CT molecular complexity index is 384. The Morgan fingerprint density at radius 2 is 1.94 bits per heavy atom. The summed E-state index contributed by atoms with van der Waals surface area (Å²) in [5.41, 5.74) is 7.41. The highest BCUT2D eigenvalue weighted by molar-refractivity contribution is 14.1. The zero-order chi connectivity index (χ0) is 12.8. The van der Waals surface area contributed by atoms with Crippen LogP contribution in [0.1, 0.15) is 29.3 Å². The van der Waals surface area contributed by atoms with Crippen molar-refractivity contribution in [1.29, 1.82) is 0 Å². The minimum Gasteiger partial charge on any atom is -0.462 e. The topological polar surface area (TPSA) is 52.3 Å². The monoisotopic (exact) mass is 459 g/mol. The van der Waals surface area contributed by atoms with Crippen LogP contribution in [0.3, 0.4) is 0 Å². The Balaban J connectivity index is 2.96. The Morgan fingerprint density at radius 1 is 1.35 bits per heavy atom. The predicted octanol–water partition coefficient (Wildman–Crippen LogP) is 2.96. The van der Waals surface area contributed by atoms with E-state index in [1.54, 1.807) is 0 Å². The molecule has 0 saturated carbocycles. The second kappa shape index (κ2) is 7.52. The van der Waals surface area contributed by atoms with Gasteiger partial charge in [-0.1, -0.05) is 0 Å². The molecular weight excluding hydrogens is 444 g/mol. The molecular formula is C12H15I2NO2. The zero-order valence-corrected chi connectivity index (χ0v) is 13.9. The summed E-state index contributed by atoms with van der Waals surface area (Å²) in [6.45, 7) is 2.90. The first kappa shape index (κ1) is 15.2. The molecule has 0 aliphatic heterocycles. The molecule has 0 heterocycles. The Hall–Kier alpha value is 0.110. The highest BCUT2D eigenvalue weighted by atomic mass is 127. The van der Waals surface area contributed by atoms with Crippen molar-refractivity contribution in [2.24, 2.45) is 5.73 Å². The zero-order valence-electron chi connectivity index (χ0n) is 9.63. The molecule has 0 atom stereocenters. The molecule has 3 nitrogen and oxygen atoms in total. The van der Waals surface area contributed by atoms with Gasteiger partial charge in [0.15, 0.2) is 0 Å². The molecule has 0 aliphatic rings. The number of carbonyl (C=O) groups excluding carboxylic acids is 1. The number of rotatable bonds is 5. The summed E-state index contributed by atoms with van der Waals surface area (Å²) in [6.07, 6.45) is 1.92. The molecule has 0 amide bonds. The molecule has 0 fully saturated rings. The third-order valence-corrected chi connectivity index (χ3v) is 4.21. The van der Waals surface area contributed by atoms with E-state index >= 15 is 0 Å². The van der Waals surface area contributed by atoms with Crippen LogP contribution >= 0.6 is 45.2 Å². The van der Waals surface area contributed by atoms with E-state index in [0.717, 1.165) is 20.0 Å². The van der Waals surface area contributed by atoms with Gasteiger partial charge in [0.1, 0.15) is 0 Å². The third-order valence-electron chi connectivity index (χ3n) is 2.28. The lowest BCUT2D eigenvalue weighted by Crippen LogP contribution is -2.08. The van der Waals surface area contributed by atoms with Crippen molar-refractivity contribution in [3.63, 3.8) is 0 Å². The van der Waals surface area contributed by atoms with Gasteiger partial charge in [-0.15, -0.1) is 0 Å². The minimum atomic E-state index is -0.256. The van der Waals surface area contributed by atoms with Crippen LogP contribution in [-0.4, -0.2) is 19.1 Å². The Kier molecular flexibility index (Phi) is 6.71. The van der Waals surface area contributed by atoms with Crippen molar-refractivity contribution < 1.29 is 9.53 Å². The number of ether oxygens (including phenoxy) is 1. The first-order valence-electron chi connectivity index (χ1n) is 5.45. The Morgan fingerprint density at radius 3 is 2.41 bits per heavy atom. The SMILES string of the molecule is CCOC(=O)c1cc(I)c(CCCN)c(I)c1. The number of hydrogen-bond donors (Lipinski definition) is 1. The average molecular weight is 459 g/mol. The van der Waals surface area contributed by atoms with Gasteiger partial charge in [-0.2, -0.15) is 0 Å². The van der Waals surface area contributed by atoms with E-state index in [4.69, 9.17) is 10.5 Å². The molecule has 0 radical (unpaired) electrons. The van der Waals surface area contributed by atoms with E-state index in [1.165, 1.54) is 5.56 Å². The van der Waals surface area contributed by atoms with E-state index in [-0.39, 0.29) is 5.97 Å². The lowest BCUT2D eigenvalue weighted by Gasteiger charge is -2.09. The van der Waals surface area contributed by atoms with E-state index in [0.29, 0.717) is 18.7 Å². The fraction of sp³-hybridized carbons (Fsp3) is 0.417. The summed E-state index contributed by atoms with van der Waals surface area (Å²) in [7, 11) is 0. The second-order valence-electron chi connectivity index (χ2n) is 3.53. The maximum Gasteiger partial charge on any atom is 0.338 e. The highest BCUT2D eigenvalue weighted by Crippen LogP contribution is 2.23. The highest BCUT2D eigenvalue weighted by Gasteiger charge is 2.12. The van der Waals surface area contributed by atoms with Crippen LogP contribution < -0.4 is 5.73 Å². The van der Waals surface area contributed by atoms with Crippen LogP contribution in [0.5, 0.6) is 0 Å². The van der Waals surface area contributed by atoms with E-state index in [1.807, 2.05) is 19.1 Å². The van der Waals surface area contributed by atoms with Crippen LogP contribution in [-0.2, 0) is 11.2 Å². The van der Waals surface area contributed by atoms with Gasteiger partial charge in [-0.05, 0) is 89.2 Å². The van der Waals surface area contributed by atoms with Gasteiger partial charge in [0.2, 0.25) is 0 Å². The van der Waals surface area contributed by atoms with Gasteiger partial charge in [0, 0.05) is 7.14 Å². The summed E-state index contributed by atoms with van der Waals surface area (Å²) in [5.74, 6) is -0.256. The molecule has 17 heavy (non-hydrogen) atoms. The maximum absolute atomic E-state index is 11.6. The van der Waals surface area contributed by atoms with Crippen LogP contribution in [0.25, 0.3) is 0 Å². The molecule has 1 rings (SSSR count). The second-order valence-corrected chi connectivity index (χ2v) is 5.86. The molecule has 1 aromatic rings. The van der Waals surface area contributed by atoms with Crippen LogP contribution in [0.4, 0.5) is 0 Å². The Labute approximate surface area is 129 Å². The molecule has 94 valence electrons. The molecule has 0 bridgehead atoms. The van der Waals surface area contributed by atoms with Crippen molar-refractivity contribution in [2.75, 3.05) is 13.2 Å². The molecule has 5 heteroatoms. The van der Waals surface area contributed by atoms with Crippen LogP contribution in [0.15, 0.2) is 12.1 Å². The molecule has 0 saturated heterocycles. The van der Waals surface area contributed by atoms with E-state index in [9.17, 15) is 4.79 Å². The lowest BCUT2D eigenvalue weighted by molar-refractivity contribution is 0.0526. The summed E-state index contributed by atoms with van der Waals surface area (Å²) in [5, 5.41) is 0. The first-order chi connectivity index (χ1) is 8.10. The summed E-state index contributed by atoms with van der Waals surface area (Å²) in [6, 6.07) is 3.76. The van der Waals surface area contributed by atoms with Gasteiger partial charge < -0.3 is 10.5 Å². The number of hydrogen-bond acceptors (Lipinski definition) is 3. The number of esters is 1. The van der Waals surface area contributed by atoms with Gasteiger partial charge >= 0.3 is 5.97 Å². The van der Waals surface area contributed by atoms with Crippen molar-refractivity contribution >= 4 is 51.2 Å². The van der Waals surface area contributed by atoms with Crippen molar-refractivity contribution in [2.45, 2.75) is 19.8 Å². The van der Waals surface area contributed by atoms with Gasteiger partial charge in [-0.25, -0.2) is 4.79 Å². The predicted molar refractivity (Wildman–Crippen MR) is 85.2 cm³/mol. The van der Waals surface area contributed by atoms with Crippen molar-refractivity contribution in [1.82, 2.24) is 0 Å². The number of benzene rings is 1. The standard InChI is InChI=1S/C12H15I2NO2/c1-2-17-12(16)8-6-10(13)9(4-3-5-15)11(14)7-8/h6-7H,2-5,15H2,1H3. The number of carbonyl (C=O) groups is 1. The van der Waals surface area contributed by atoms with Crippen LogP contribution in [0.2, 0.25) is 0 Å². The fourth-order valence-corrected chi connectivity index (χ4v) is 3.76. The normalized spacial score (nSPS) is 10.4.